The highest BCUT2D eigenvalue weighted by molar-refractivity contribution is 6.24. The van der Waals surface area contributed by atoms with Crippen LogP contribution in [0, 0.1) is 11.8 Å². The molecule has 1 aromatic heterocycles. The van der Waals surface area contributed by atoms with Crippen LogP contribution in [0.15, 0.2) is 33.8 Å². The summed E-state index contributed by atoms with van der Waals surface area (Å²) in [4.78, 5) is 45.0. The van der Waals surface area contributed by atoms with Crippen LogP contribution in [-0.2, 0) is 20.8 Å². The highest BCUT2D eigenvalue weighted by atomic mass is 16.4. The zero-order chi connectivity index (χ0) is 26.1. The van der Waals surface area contributed by atoms with Crippen molar-refractivity contribution in [2.45, 2.75) is 24.5 Å². The number of rotatable bonds is 5. The molecule has 0 unspecified atom stereocenters. The number of aliphatic hydroxyl groups is 4. The lowest BCUT2D eigenvalue weighted by molar-refractivity contribution is -0.150. The number of hydrogen-bond acceptors (Lipinski definition) is 11. The van der Waals surface area contributed by atoms with Gasteiger partial charge in [-0.15, -0.1) is 0 Å². The molecule has 1 saturated carbocycles. The zero-order valence-corrected chi connectivity index (χ0v) is 19.6. The van der Waals surface area contributed by atoms with Gasteiger partial charge in [0.1, 0.15) is 22.6 Å². The summed E-state index contributed by atoms with van der Waals surface area (Å²) in [6, 6.07) is 0.528. The maximum Gasteiger partial charge on any atom is 0.255 e. The minimum absolute atomic E-state index is 0.00726. The van der Waals surface area contributed by atoms with Gasteiger partial charge in [-0.3, -0.25) is 14.4 Å². The van der Waals surface area contributed by atoms with Gasteiger partial charge in [-0.2, -0.15) is 0 Å². The fourth-order valence-electron chi connectivity index (χ4n) is 5.90. The van der Waals surface area contributed by atoms with Crippen LogP contribution in [0.3, 0.4) is 0 Å². The maximum atomic E-state index is 13.9. The minimum Gasteiger partial charge on any atom is -0.508 e. The summed E-state index contributed by atoms with van der Waals surface area (Å²) in [5, 5.41) is 46.0. The zero-order valence-electron chi connectivity index (χ0n) is 19.6. The lowest BCUT2D eigenvalue weighted by Gasteiger charge is -2.49. The average Bonchev–Trinajstić information content (AvgIpc) is 3.29. The van der Waals surface area contributed by atoms with Gasteiger partial charge in [0.25, 0.3) is 5.91 Å². The molecule has 5 rings (SSSR count). The van der Waals surface area contributed by atoms with Gasteiger partial charge >= 0.3 is 0 Å². The summed E-state index contributed by atoms with van der Waals surface area (Å²) < 4.78 is 5.52. The lowest BCUT2D eigenvalue weighted by atomic mass is 9.57. The molecule has 0 spiro atoms. The number of anilines is 1. The number of hydrogen-bond donors (Lipinski definition) is 6. The third kappa shape index (κ3) is 3.04. The number of carbonyl (C=O) groups is 3. The smallest absolute Gasteiger partial charge is 0.255 e. The summed E-state index contributed by atoms with van der Waals surface area (Å²) in [6.07, 6.45) is 1.50. The first-order chi connectivity index (χ1) is 17.0. The standard InChI is InChI=1S/C24H26N4O8/c1-28(2)13-7-12-20(36-8-27-12)15-10(13)5-9-6-11-17(26-3-4-29)19(31)16(23(25)34)22(33)24(11,35)21(32)14(9)18(15)30/h7-9,11,17,26,29-30,33,35H,3-6H2,1-2H3,(H2,25,34)/t9-,11-,17+,24-/m0/s1. The Morgan fingerprint density at radius 3 is 2.69 bits per heavy atom. The van der Waals surface area contributed by atoms with E-state index in [1.54, 1.807) is 6.07 Å². The topological polar surface area (TPSA) is 199 Å². The molecule has 7 N–H and O–H groups in total. The first-order valence-electron chi connectivity index (χ1n) is 11.4. The summed E-state index contributed by atoms with van der Waals surface area (Å²) >= 11 is 0. The predicted octanol–water partition coefficient (Wildman–Crippen LogP) is -0.514. The summed E-state index contributed by atoms with van der Waals surface area (Å²) in [6.45, 7) is -0.424. The Labute approximate surface area is 204 Å². The van der Waals surface area contributed by atoms with E-state index in [0.29, 0.717) is 11.1 Å². The molecule has 12 heteroatoms. The number of amides is 1. The van der Waals surface area contributed by atoms with Gasteiger partial charge in [-0.05, 0) is 30.4 Å². The van der Waals surface area contributed by atoms with E-state index in [-0.39, 0.29) is 42.7 Å². The number of primary amides is 1. The molecule has 3 aliphatic carbocycles. The highest BCUT2D eigenvalue weighted by Crippen LogP contribution is 2.52. The molecule has 2 aromatic rings. The summed E-state index contributed by atoms with van der Waals surface area (Å²) in [7, 11) is 3.65. The van der Waals surface area contributed by atoms with Crippen LogP contribution in [0.25, 0.3) is 16.9 Å². The molecule has 1 amide bonds. The number of oxazole rings is 1. The number of fused-ring (bicyclic) bond motifs is 5. The normalized spacial score (nSPS) is 27.7. The first kappa shape index (κ1) is 24.0. The van der Waals surface area contributed by atoms with Crippen molar-refractivity contribution in [1.29, 1.82) is 0 Å². The van der Waals surface area contributed by atoms with Crippen molar-refractivity contribution in [1.82, 2.24) is 10.3 Å². The molecule has 4 atom stereocenters. The van der Waals surface area contributed by atoms with E-state index in [2.05, 4.69) is 10.3 Å². The van der Waals surface area contributed by atoms with Crippen LogP contribution >= 0.6 is 0 Å². The van der Waals surface area contributed by atoms with Crippen molar-refractivity contribution in [2.24, 2.45) is 17.6 Å². The second-order valence-corrected chi connectivity index (χ2v) is 9.55. The Morgan fingerprint density at radius 2 is 2.06 bits per heavy atom. The van der Waals surface area contributed by atoms with E-state index in [1.807, 2.05) is 19.0 Å². The Morgan fingerprint density at radius 1 is 1.33 bits per heavy atom. The van der Waals surface area contributed by atoms with Gasteiger partial charge in [0.05, 0.1) is 18.2 Å². The van der Waals surface area contributed by atoms with E-state index in [1.165, 1.54) is 6.39 Å². The number of ketones is 2. The highest BCUT2D eigenvalue weighted by Gasteiger charge is 2.63. The Hall–Kier alpha value is -3.74. The number of aromatic nitrogens is 1. The van der Waals surface area contributed by atoms with Crippen molar-refractivity contribution >= 4 is 40.0 Å². The number of Topliss-reactive ketones (excluding diaryl/α,β-unsaturated/α-hetero) is 2. The minimum atomic E-state index is -2.69. The van der Waals surface area contributed by atoms with Gasteiger partial charge in [0.15, 0.2) is 23.4 Å². The third-order valence-electron chi connectivity index (χ3n) is 7.46. The average molecular weight is 498 g/mol. The number of carbonyl (C=O) groups excluding carboxylic acids is 3. The number of aliphatic hydroxyl groups excluding tert-OH is 3. The third-order valence-corrected chi connectivity index (χ3v) is 7.46. The quantitative estimate of drug-likeness (QED) is 0.290. The van der Waals surface area contributed by atoms with E-state index >= 15 is 0 Å². The van der Waals surface area contributed by atoms with E-state index in [0.717, 1.165) is 5.69 Å². The van der Waals surface area contributed by atoms with Crippen LogP contribution in [-0.4, -0.2) is 81.8 Å². The van der Waals surface area contributed by atoms with Crippen LogP contribution in [0.1, 0.15) is 17.5 Å². The van der Waals surface area contributed by atoms with Gasteiger partial charge in [0.2, 0.25) is 5.78 Å². The van der Waals surface area contributed by atoms with Gasteiger partial charge < -0.3 is 40.8 Å². The van der Waals surface area contributed by atoms with Crippen LogP contribution in [0.4, 0.5) is 5.69 Å². The van der Waals surface area contributed by atoms with Crippen LogP contribution < -0.4 is 16.0 Å². The predicted molar refractivity (Wildman–Crippen MR) is 126 cm³/mol. The van der Waals surface area contributed by atoms with Gasteiger partial charge in [-0.25, -0.2) is 4.98 Å². The molecule has 3 aliphatic rings. The molecule has 1 heterocycles. The number of nitrogens with two attached hydrogens (primary N) is 1. The summed E-state index contributed by atoms with van der Waals surface area (Å²) in [5.41, 5.74) is 4.03. The van der Waals surface area contributed by atoms with E-state index < -0.39 is 58.0 Å². The number of nitrogens with zero attached hydrogens (tertiary/aromatic N) is 2. The largest absolute Gasteiger partial charge is 0.508 e. The van der Waals surface area contributed by atoms with Crippen molar-refractivity contribution in [3.8, 4) is 0 Å². The van der Waals surface area contributed by atoms with E-state index in [9.17, 15) is 34.8 Å². The Kier molecular flexibility index (Phi) is 5.43. The fourth-order valence-corrected chi connectivity index (χ4v) is 5.90. The van der Waals surface area contributed by atoms with Crippen molar-refractivity contribution in [2.75, 3.05) is 32.1 Å². The van der Waals surface area contributed by atoms with Crippen molar-refractivity contribution in [3.63, 3.8) is 0 Å². The number of nitrogens with one attached hydrogen (secondary N) is 1. The molecule has 0 bridgehead atoms. The summed E-state index contributed by atoms with van der Waals surface area (Å²) in [5.74, 6) is -6.57. The fraction of sp³-hybridized carbons (Fsp3) is 0.417. The Bertz CT molecular complexity index is 1390. The number of benzene rings is 1. The molecule has 0 radical (unpaired) electrons. The SMILES string of the molecule is CN(C)c1cc2ncoc2c2c1C[C@H]1C[C@H]3[C@@H](NCCO)C(=O)C(C(N)=O)=C(O)[C@@]3(O)C(=O)C1=C2O. The van der Waals surface area contributed by atoms with Crippen LogP contribution in [0.5, 0.6) is 0 Å². The second-order valence-electron chi connectivity index (χ2n) is 9.55. The van der Waals surface area contributed by atoms with E-state index in [4.69, 9.17) is 10.2 Å². The molecular weight excluding hydrogens is 472 g/mol. The van der Waals surface area contributed by atoms with Crippen LogP contribution in [0.2, 0.25) is 0 Å². The Balaban J connectivity index is 1.75. The first-order valence-corrected chi connectivity index (χ1v) is 11.4. The second kappa shape index (κ2) is 8.15. The monoisotopic (exact) mass is 498 g/mol. The molecule has 190 valence electrons. The maximum absolute atomic E-state index is 13.9. The molecule has 12 nitrogen and oxygen atoms in total. The molecule has 1 fully saturated rings. The van der Waals surface area contributed by atoms with Crippen molar-refractivity contribution < 1.29 is 39.2 Å². The molecule has 0 aliphatic heterocycles. The molecule has 0 saturated heterocycles. The van der Waals surface area contributed by atoms with Crippen molar-refractivity contribution in [3.05, 3.63) is 40.5 Å². The molecule has 36 heavy (non-hydrogen) atoms. The lowest BCUT2D eigenvalue weighted by Crippen LogP contribution is -2.66. The molecule has 1 aromatic carbocycles. The molecular formula is C24H26N4O8. The van der Waals surface area contributed by atoms with Gasteiger partial charge in [-0.1, -0.05) is 0 Å². The van der Waals surface area contributed by atoms with Gasteiger partial charge in [0, 0.05) is 37.8 Å².